The van der Waals surface area contributed by atoms with Crippen molar-refractivity contribution in [3.8, 4) is 5.88 Å². The van der Waals surface area contributed by atoms with Gasteiger partial charge in [0.25, 0.3) is 0 Å². The Labute approximate surface area is 107 Å². The monoisotopic (exact) mass is 259 g/mol. The van der Waals surface area contributed by atoms with Crippen LogP contribution in [0.15, 0.2) is 12.4 Å². The van der Waals surface area contributed by atoms with Crippen molar-refractivity contribution in [2.45, 2.75) is 12.3 Å². The van der Waals surface area contributed by atoms with Gasteiger partial charge in [-0.25, -0.2) is 9.97 Å². The van der Waals surface area contributed by atoms with Gasteiger partial charge in [-0.05, 0) is 6.92 Å². The van der Waals surface area contributed by atoms with Gasteiger partial charge in [0.2, 0.25) is 5.88 Å². The SMILES string of the molecule is CCOc1cc(N(C)CC(Cl)COC)ncn1. The summed E-state index contributed by atoms with van der Waals surface area (Å²) < 4.78 is 10.3. The smallest absolute Gasteiger partial charge is 0.218 e. The van der Waals surface area contributed by atoms with Gasteiger partial charge in [-0.3, -0.25) is 0 Å². The molecule has 0 saturated heterocycles. The van der Waals surface area contributed by atoms with E-state index in [4.69, 9.17) is 21.1 Å². The third-order valence-electron chi connectivity index (χ3n) is 2.13. The largest absolute Gasteiger partial charge is 0.478 e. The van der Waals surface area contributed by atoms with Crippen LogP contribution in [-0.4, -0.2) is 49.3 Å². The van der Waals surface area contributed by atoms with Crippen LogP contribution in [0.5, 0.6) is 5.88 Å². The summed E-state index contributed by atoms with van der Waals surface area (Å²) >= 11 is 6.09. The zero-order valence-electron chi connectivity index (χ0n) is 10.4. The highest BCUT2D eigenvalue weighted by molar-refractivity contribution is 6.21. The highest BCUT2D eigenvalue weighted by atomic mass is 35.5. The number of hydrogen-bond acceptors (Lipinski definition) is 5. The van der Waals surface area contributed by atoms with Crippen LogP contribution in [0.1, 0.15) is 6.92 Å². The summed E-state index contributed by atoms with van der Waals surface area (Å²) in [5.41, 5.74) is 0. The third kappa shape index (κ3) is 4.75. The maximum atomic E-state index is 6.09. The van der Waals surface area contributed by atoms with Gasteiger partial charge in [0, 0.05) is 26.8 Å². The first-order valence-corrected chi connectivity index (χ1v) is 5.90. The van der Waals surface area contributed by atoms with Gasteiger partial charge in [-0.15, -0.1) is 11.6 Å². The molecule has 17 heavy (non-hydrogen) atoms. The lowest BCUT2D eigenvalue weighted by atomic mass is 10.4. The molecule has 1 aromatic heterocycles. The number of rotatable bonds is 7. The molecule has 0 bridgehead atoms. The number of ether oxygens (including phenoxy) is 2. The fourth-order valence-electron chi connectivity index (χ4n) is 1.39. The van der Waals surface area contributed by atoms with Gasteiger partial charge >= 0.3 is 0 Å². The molecule has 5 nitrogen and oxygen atoms in total. The minimum absolute atomic E-state index is 0.0736. The predicted molar refractivity (Wildman–Crippen MR) is 68.0 cm³/mol. The molecule has 0 aliphatic heterocycles. The Morgan fingerprint density at radius 3 is 2.88 bits per heavy atom. The topological polar surface area (TPSA) is 47.5 Å². The molecule has 0 aliphatic rings. The van der Waals surface area contributed by atoms with Crippen LogP contribution in [0, 0.1) is 0 Å². The Bertz CT molecular complexity index is 338. The molecule has 6 heteroatoms. The maximum Gasteiger partial charge on any atom is 0.218 e. The van der Waals surface area contributed by atoms with Crippen molar-refractivity contribution in [3.05, 3.63) is 12.4 Å². The van der Waals surface area contributed by atoms with E-state index in [0.29, 0.717) is 25.6 Å². The first kappa shape index (κ1) is 14.0. The molecule has 0 saturated carbocycles. The second-order valence-electron chi connectivity index (χ2n) is 3.58. The summed E-state index contributed by atoms with van der Waals surface area (Å²) in [5.74, 6) is 1.35. The van der Waals surface area contributed by atoms with E-state index >= 15 is 0 Å². The average molecular weight is 260 g/mol. The highest BCUT2D eigenvalue weighted by Crippen LogP contribution is 2.15. The number of halogens is 1. The fourth-order valence-corrected chi connectivity index (χ4v) is 1.72. The molecule has 0 amide bonds. The molecule has 0 radical (unpaired) electrons. The quantitative estimate of drug-likeness (QED) is 0.696. The minimum Gasteiger partial charge on any atom is -0.478 e. The van der Waals surface area contributed by atoms with Gasteiger partial charge in [0.1, 0.15) is 12.1 Å². The molecule has 1 unspecified atom stereocenters. The van der Waals surface area contributed by atoms with Crippen molar-refractivity contribution in [2.24, 2.45) is 0 Å². The molecule has 0 aliphatic carbocycles. The van der Waals surface area contributed by atoms with Gasteiger partial charge < -0.3 is 14.4 Å². The minimum atomic E-state index is -0.0736. The Kier molecular flexibility index (Phi) is 6.00. The summed E-state index contributed by atoms with van der Waals surface area (Å²) in [6.07, 6.45) is 1.48. The number of aromatic nitrogens is 2. The van der Waals surface area contributed by atoms with E-state index in [1.807, 2.05) is 18.9 Å². The highest BCUT2D eigenvalue weighted by Gasteiger charge is 2.10. The standard InChI is InChI=1S/C11H18ClN3O2/c1-4-17-11-5-10(13-8-14-11)15(2)6-9(12)7-16-3/h5,8-9H,4,6-7H2,1-3H3. The summed E-state index contributed by atoms with van der Waals surface area (Å²) in [4.78, 5) is 10.1. The van der Waals surface area contributed by atoms with Crippen molar-refractivity contribution in [1.29, 1.82) is 0 Å². The third-order valence-corrected chi connectivity index (χ3v) is 2.39. The van der Waals surface area contributed by atoms with Crippen molar-refractivity contribution < 1.29 is 9.47 Å². The van der Waals surface area contributed by atoms with Gasteiger partial charge in [-0.1, -0.05) is 0 Å². The van der Waals surface area contributed by atoms with Crippen LogP contribution in [-0.2, 0) is 4.74 Å². The van der Waals surface area contributed by atoms with Gasteiger partial charge in [0.05, 0.1) is 18.6 Å². The molecule has 1 aromatic rings. The lowest BCUT2D eigenvalue weighted by Crippen LogP contribution is -2.29. The number of hydrogen-bond donors (Lipinski definition) is 0. The average Bonchev–Trinajstić information content (AvgIpc) is 2.30. The van der Waals surface area contributed by atoms with E-state index in [2.05, 4.69) is 9.97 Å². The summed E-state index contributed by atoms with van der Waals surface area (Å²) in [5, 5.41) is -0.0736. The van der Waals surface area contributed by atoms with E-state index in [0.717, 1.165) is 5.82 Å². The van der Waals surface area contributed by atoms with E-state index in [1.54, 1.807) is 13.2 Å². The zero-order chi connectivity index (χ0) is 12.7. The molecule has 96 valence electrons. The lowest BCUT2D eigenvalue weighted by Gasteiger charge is -2.20. The number of alkyl halides is 1. The second-order valence-corrected chi connectivity index (χ2v) is 4.20. The lowest BCUT2D eigenvalue weighted by molar-refractivity contribution is 0.199. The summed E-state index contributed by atoms with van der Waals surface area (Å²) in [6, 6.07) is 1.79. The number of nitrogens with zero attached hydrogens (tertiary/aromatic N) is 3. The first-order valence-electron chi connectivity index (χ1n) is 5.46. The van der Waals surface area contributed by atoms with Crippen LogP contribution in [0.2, 0.25) is 0 Å². The predicted octanol–water partition coefficient (Wildman–Crippen LogP) is 1.57. The number of methoxy groups -OCH3 is 1. The van der Waals surface area contributed by atoms with Crippen molar-refractivity contribution in [2.75, 3.05) is 38.8 Å². The summed E-state index contributed by atoms with van der Waals surface area (Å²) in [6.45, 7) is 3.66. The molecule has 1 rings (SSSR count). The molecule has 0 N–H and O–H groups in total. The van der Waals surface area contributed by atoms with Crippen LogP contribution in [0.25, 0.3) is 0 Å². The Balaban J connectivity index is 2.61. The zero-order valence-corrected chi connectivity index (χ0v) is 11.1. The molecular weight excluding hydrogens is 242 g/mol. The fraction of sp³-hybridized carbons (Fsp3) is 0.636. The molecule has 1 atom stereocenters. The van der Waals surface area contributed by atoms with Crippen LogP contribution < -0.4 is 9.64 Å². The van der Waals surface area contributed by atoms with Crippen LogP contribution in [0.3, 0.4) is 0 Å². The normalized spacial score (nSPS) is 12.2. The van der Waals surface area contributed by atoms with Crippen LogP contribution >= 0.6 is 11.6 Å². The molecular formula is C11H18ClN3O2. The number of anilines is 1. The van der Waals surface area contributed by atoms with Crippen molar-refractivity contribution in [1.82, 2.24) is 9.97 Å². The Hall–Kier alpha value is -1.07. The van der Waals surface area contributed by atoms with E-state index < -0.39 is 0 Å². The van der Waals surface area contributed by atoms with E-state index in [1.165, 1.54) is 6.33 Å². The molecule has 0 fully saturated rings. The van der Waals surface area contributed by atoms with Crippen molar-refractivity contribution in [3.63, 3.8) is 0 Å². The first-order chi connectivity index (χ1) is 8.17. The van der Waals surface area contributed by atoms with Crippen LogP contribution in [0.4, 0.5) is 5.82 Å². The Morgan fingerprint density at radius 2 is 2.24 bits per heavy atom. The Morgan fingerprint density at radius 1 is 1.47 bits per heavy atom. The van der Waals surface area contributed by atoms with Crippen molar-refractivity contribution >= 4 is 17.4 Å². The summed E-state index contributed by atoms with van der Waals surface area (Å²) in [7, 11) is 3.55. The van der Waals surface area contributed by atoms with Gasteiger partial charge in [0.15, 0.2) is 0 Å². The molecule has 1 heterocycles. The van der Waals surface area contributed by atoms with E-state index in [9.17, 15) is 0 Å². The molecule has 0 aromatic carbocycles. The molecule has 0 spiro atoms. The van der Waals surface area contributed by atoms with E-state index in [-0.39, 0.29) is 5.38 Å². The second kappa shape index (κ2) is 7.29. The van der Waals surface area contributed by atoms with Gasteiger partial charge in [-0.2, -0.15) is 0 Å². The maximum absolute atomic E-state index is 6.09.